The molecule has 1 aliphatic heterocycles. The van der Waals surface area contributed by atoms with Crippen molar-refractivity contribution in [3.63, 3.8) is 0 Å². The highest BCUT2D eigenvalue weighted by atomic mass is 32.1. The van der Waals surface area contributed by atoms with E-state index < -0.39 is 41.1 Å². The van der Waals surface area contributed by atoms with Gasteiger partial charge in [0.15, 0.2) is 5.67 Å². The van der Waals surface area contributed by atoms with E-state index in [4.69, 9.17) is 0 Å². The van der Waals surface area contributed by atoms with Crippen LogP contribution in [0, 0.1) is 19.3 Å². The predicted octanol–water partition coefficient (Wildman–Crippen LogP) is 4.06. The molecule has 0 radical (unpaired) electrons. The molecule has 1 aromatic heterocycles. The highest BCUT2D eigenvalue weighted by Gasteiger charge is 2.53. The Labute approximate surface area is 234 Å². The van der Waals surface area contributed by atoms with Crippen molar-refractivity contribution >= 4 is 29.1 Å². The van der Waals surface area contributed by atoms with Gasteiger partial charge in [-0.25, -0.2) is 9.37 Å². The SMILES string of the molecule is CC.Cc1cc(-c2scnc2C)ccc1CNC(=O)C1CC(O)CN1C(=O)C(NC(=O)C1(F)CC1)C(C)(C)C. The zero-order valence-corrected chi connectivity index (χ0v) is 24.7. The Morgan fingerprint density at radius 2 is 1.90 bits per heavy atom. The highest BCUT2D eigenvalue weighted by molar-refractivity contribution is 7.13. The Kier molecular flexibility index (Phi) is 9.54. The number of carbonyl (C=O) groups excluding carboxylic acids is 3. The van der Waals surface area contributed by atoms with Gasteiger partial charge in [-0.2, -0.15) is 0 Å². The number of nitrogens with zero attached hydrogens (tertiary/aromatic N) is 2. The zero-order chi connectivity index (χ0) is 29.1. The summed E-state index contributed by atoms with van der Waals surface area (Å²) in [4.78, 5) is 45.8. The zero-order valence-electron chi connectivity index (χ0n) is 23.9. The van der Waals surface area contributed by atoms with E-state index in [1.807, 2.05) is 45.3 Å². The predicted molar refractivity (Wildman–Crippen MR) is 151 cm³/mol. The monoisotopic (exact) mass is 560 g/mol. The van der Waals surface area contributed by atoms with Crippen molar-refractivity contribution in [3.8, 4) is 10.4 Å². The molecule has 0 bridgehead atoms. The van der Waals surface area contributed by atoms with Crippen LogP contribution >= 0.6 is 11.3 Å². The Bertz CT molecular complexity index is 1200. The normalized spacial score (nSPS) is 20.5. The van der Waals surface area contributed by atoms with Crippen molar-refractivity contribution in [2.45, 2.75) is 98.1 Å². The maximum atomic E-state index is 14.3. The number of carbonyl (C=O) groups is 3. The third-order valence-corrected chi connectivity index (χ3v) is 8.13. The third-order valence-electron chi connectivity index (χ3n) is 7.15. The number of β-amino-alcohol motifs (C(OH)–C–C–N with tert-alkyl or cyclic N) is 1. The fraction of sp³-hybridized carbons (Fsp3) is 0.586. The van der Waals surface area contributed by atoms with Gasteiger partial charge in [0.05, 0.1) is 22.2 Å². The first-order valence-corrected chi connectivity index (χ1v) is 14.4. The lowest BCUT2D eigenvalue weighted by Crippen LogP contribution is -2.59. The molecule has 1 saturated heterocycles. The second-order valence-corrected chi connectivity index (χ2v) is 12.1. The van der Waals surface area contributed by atoms with Crippen LogP contribution in [0.2, 0.25) is 0 Å². The van der Waals surface area contributed by atoms with Crippen molar-refractivity contribution in [1.29, 1.82) is 0 Å². The standard InChI is InChI=1S/C27H35FN4O4S.C2H6/c1-15-10-17(21-16(2)30-14-37-21)6-7-18(15)12-29-23(34)20-11-19(33)13-32(20)24(35)22(26(3,4)5)31-25(36)27(28)8-9-27;1-2/h6-7,10,14,19-20,22,33H,8-9,11-13H2,1-5H3,(H,29,34)(H,31,36);1-2H3. The molecule has 2 fully saturated rings. The van der Waals surface area contributed by atoms with Crippen molar-refractivity contribution in [2.75, 3.05) is 6.54 Å². The molecule has 8 nitrogen and oxygen atoms in total. The van der Waals surface area contributed by atoms with Gasteiger partial charge in [0.2, 0.25) is 11.8 Å². The van der Waals surface area contributed by atoms with Crippen molar-refractivity contribution < 1.29 is 23.9 Å². The fourth-order valence-corrected chi connectivity index (χ4v) is 5.43. The minimum atomic E-state index is -1.92. The number of thiazole rings is 1. The van der Waals surface area contributed by atoms with Gasteiger partial charge in [0.1, 0.15) is 12.1 Å². The van der Waals surface area contributed by atoms with Gasteiger partial charge in [0, 0.05) is 19.5 Å². The number of rotatable bonds is 7. The number of aliphatic hydroxyl groups excluding tert-OH is 1. The minimum Gasteiger partial charge on any atom is -0.391 e. The summed E-state index contributed by atoms with van der Waals surface area (Å²) in [5.41, 5.74) is 3.17. The average Bonchev–Trinajstić information content (AvgIpc) is 3.29. The average molecular weight is 561 g/mol. The van der Waals surface area contributed by atoms with Crippen LogP contribution in [0.5, 0.6) is 0 Å². The van der Waals surface area contributed by atoms with Crippen molar-refractivity contribution in [3.05, 3.63) is 40.5 Å². The van der Waals surface area contributed by atoms with E-state index in [2.05, 4.69) is 21.7 Å². The molecule has 4 rings (SSSR count). The number of nitrogens with one attached hydrogen (secondary N) is 2. The van der Waals surface area contributed by atoms with E-state index in [0.717, 1.165) is 27.3 Å². The number of hydrogen-bond donors (Lipinski definition) is 3. The van der Waals surface area contributed by atoms with E-state index in [9.17, 15) is 23.9 Å². The molecule has 0 spiro atoms. The molecule has 2 aliphatic rings. The van der Waals surface area contributed by atoms with E-state index in [-0.39, 0.29) is 38.3 Å². The van der Waals surface area contributed by atoms with Crippen LogP contribution in [-0.2, 0) is 20.9 Å². The minimum absolute atomic E-state index is 0.0257. The second-order valence-electron chi connectivity index (χ2n) is 11.3. The molecule has 1 aliphatic carbocycles. The molecule has 1 aromatic carbocycles. The molecule has 3 amide bonds. The third kappa shape index (κ3) is 7.03. The van der Waals surface area contributed by atoms with Gasteiger partial charge in [-0.05, 0) is 48.8 Å². The molecule has 3 atom stereocenters. The smallest absolute Gasteiger partial charge is 0.258 e. The number of benzene rings is 1. The lowest BCUT2D eigenvalue weighted by molar-refractivity contribution is -0.145. The van der Waals surface area contributed by atoms with E-state index in [1.54, 1.807) is 32.1 Å². The molecule has 10 heteroatoms. The molecule has 2 heterocycles. The lowest BCUT2D eigenvalue weighted by Gasteiger charge is -2.35. The van der Waals surface area contributed by atoms with E-state index in [0.29, 0.717) is 0 Å². The maximum Gasteiger partial charge on any atom is 0.258 e. The molecule has 3 unspecified atom stereocenters. The number of aryl methyl sites for hydroxylation is 2. The van der Waals surface area contributed by atoms with Gasteiger partial charge >= 0.3 is 0 Å². The number of aliphatic hydroxyl groups is 1. The molecule has 3 N–H and O–H groups in total. The van der Waals surface area contributed by atoms with Gasteiger partial charge in [-0.1, -0.05) is 52.8 Å². The molecule has 1 saturated carbocycles. The van der Waals surface area contributed by atoms with Gasteiger partial charge in [0.25, 0.3) is 5.91 Å². The van der Waals surface area contributed by atoms with Crippen LogP contribution in [0.25, 0.3) is 10.4 Å². The number of likely N-dealkylation sites (tertiary alicyclic amines) is 1. The summed E-state index contributed by atoms with van der Waals surface area (Å²) in [6.07, 6.45) is -0.489. The Hall–Kier alpha value is -2.85. The molecular formula is C29H41FN4O4S. The van der Waals surface area contributed by atoms with E-state index >= 15 is 0 Å². The van der Waals surface area contributed by atoms with Gasteiger partial charge in [-0.3, -0.25) is 14.4 Å². The molecule has 2 aromatic rings. The number of hydrogen-bond acceptors (Lipinski definition) is 6. The fourth-order valence-electron chi connectivity index (χ4n) is 4.63. The van der Waals surface area contributed by atoms with Crippen LogP contribution in [-0.4, -0.2) is 63.1 Å². The highest BCUT2D eigenvalue weighted by Crippen LogP contribution is 2.40. The first-order chi connectivity index (χ1) is 18.3. The summed E-state index contributed by atoms with van der Waals surface area (Å²) in [5, 5.41) is 15.8. The number of halogens is 1. The molecule has 39 heavy (non-hydrogen) atoms. The van der Waals surface area contributed by atoms with Crippen LogP contribution in [0.4, 0.5) is 4.39 Å². The maximum absolute atomic E-state index is 14.3. The van der Waals surface area contributed by atoms with Crippen LogP contribution in [0.1, 0.15) is 70.7 Å². The Morgan fingerprint density at radius 1 is 1.23 bits per heavy atom. The van der Waals surface area contributed by atoms with Crippen LogP contribution < -0.4 is 10.6 Å². The van der Waals surface area contributed by atoms with Crippen molar-refractivity contribution in [1.82, 2.24) is 20.5 Å². The number of alkyl halides is 1. The summed E-state index contributed by atoms with van der Waals surface area (Å²) in [7, 11) is 0. The summed E-state index contributed by atoms with van der Waals surface area (Å²) in [6.45, 7) is 13.5. The second kappa shape index (κ2) is 12.1. The van der Waals surface area contributed by atoms with Crippen LogP contribution in [0.3, 0.4) is 0 Å². The van der Waals surface area contributed by atoms with Crippen molar-refractivity contribution in [2.24, 2.45) is 5.41 Å². The summed E-state index contributed by atoms with van der Waals surface area (Å²) in [5.74, 6) is -1.67. The Morgan fingerprint density at radius 3 is 2.44 bits per heavy atom. The van der Waals surface area contributed by atoms with Gasteiger partial charge < -0.3 is 20.6 Å². The molecule has 214 valence electrons. The summed E-state index contributed by atoms with van der Waals surface area (Å²) < 4.78 is 14.3. The topological polar surface area (TPSA) is 112 Å². The van der Waals surface area contributed by atoms with E-state index in [1.165, 1.54) is 4.90 Å². The quantitative estimate of drug-likeness (QED) is 0.473. The first kappa shape index (κ1) is 30.7. The number of aromatic nitrogens is 1. The molecular weight excluding hydrogens is 519 g/mol. The number of amides is 3. The van der Waals surface area contributed by atoms with Crippen LogP contribution in [0.15, 0.2) is 23.7 Å². The summed E-state index contributed by atoms with van der Waals surface area (Å²) in [6, 6.07) is 4.11. The largest absolute Gasteiger partial charge is 0.391 e. The summed E-state index contributed by atoms with van der Waals surface area (Å²) >= 11 is 1.58. The van der Waals surface area contributed by atoms with Gasteiger partial charge in [-0.15, -0.1) is 11.3 Å². The lowest BCUT2D eigenvalue weighted by atomic mass is 9.85. The Balaban J connectivity index is 0.00000205. The first-order valence-electron chi connectivity index (χ1n) is 13.6.